The van der Waals surface area contributed by atoms with E-state index in [1.54, 1.807) is 12.1 Å². The van der Waals surface area contributed by atoms with Crippen LogP contribution in [-0.4, -0.2) is 45.2 Å². The van der Waals surface area contributed by atoms with Crippen molar-refractivity contribution >= 4 is 16.8 Å². The van der Waals surface area contributed by atoms with Crippen LogP contribution in [0.15, 0.2) is 42.5 Å². The SMILES string of the molecule is Cc1ccc2c(c1)c(-c1ccc(C(=O)NCC(O)CO)cc1)nn2C. The number of fused-ring (bicyclic) bond motifs is 1. The number of aliphatic hydroxyl groups is 2. The van der Waals surface area contributed by atoms with E-state index in [2.05, 4.69) is 28.6 Å². The maximum Gasteiger partial charge on any atom is 0.251 e. The van der Waals surface area contributed by atoms with E-state index in [-0.39, 0.29) is 19.1 Å². The number of hydrogen-bond donors (Lipinski definition) is 3. The van der Waals surface area contributed by atoms with Gasteiger partial charge < -0.3 is 15.5 Å². The molecule has 1 aromatic heterocycles. The fraction of sp³-hybridized carbons (Fsp3) is 0.263. The predicted molar refractivity (Wildman–Crippen MR) is 96.3 cm³/mol. The van der Waals surface area contributed by atoms with Gasteiger partial charge in [-0.3, -0.25) is 9.48 Å². The lowest BCUT2D eigenvalue weighted by Gasteiger charge is -2.09. The number of nitrogens with zero attached hydrogens (tertiary/aromatic N) is 2. The molecule has 6 nitrogen and oxygen atoms in total. The molecule has 2 aromatic carbocycles. The molecule has 0 spiro atoms. The minimum atomic E-state index is -0.952. The van der Waals surface area contributed by atoms with Gasteiger partial charge in [-0.2, -0.15) is 5.10 Å². The van der Waals surface area contributed by atoms with Crippen molar-refractivity contribution in [2.75, 3.05) is 13.2 Å². The summed E-state index contributed by atoms with van der Waals surface area (Å²) in [6.07, 6.45) is -0.952. The Bertz CT molecular complexity index is 900. The zero-order chi connectivity index (χ0) is 18.0. The number of carbonyl (C=O) groups is 1. The molecule has 6 heteroatoms. The highest BCUT2D eigenvalue weighted by molar-refractivity contribution is 5.96. The third-order valence-electron chi connectivity index (χ3n) is 4.14. The van der Waals surface area contributed by atoms with E-state index in [0.717, 1.165) is 22.2 Å². The van der Waals surface area contributed by atoms with Crippen molar-refractivity contribution in [3.8, 4) is 11.3 Å². The van der Waals surface area contributed by atoms with E-state index in [4.69, 9.17) is 5.11 Å². The Morgan fingerprint density at radius 1 is 1.24 bits per heavy atom. The molecule has 1 heterocycles. The Morgan fingerprint density at radius 3 is 2.64 bits per heavy atom. The first-order valence-electron chi connectivity index (χ1n) is 8.10. The van der Waals surface area contributed by atoms with Gasteiger partial charge in [0.05, 0.1) is 18.2 Å². The van der Waals surface area contributed by atoms with Crippen LogP contribution >= 0.6 is 0 Å². The normalized spacial score (nSPS) is 12.3. The van der Waals surface area contributed by atoms with Crippen LogP contribution in [0.4, 0.5) is 0 Å². The van der Waals surface area contributed by atoms with Crippen molar-refractivity contribution in [2.24, 2.45) is 7.05 Å². The number of aromatic nitrogens is 2. The van der Waals surface area contributed by atoms with E-state index < -0.39 is 6.10 Å². The van der Waals surface area contributed by atoms with E-state index in [1.807, 2.05) is 30.8 Å². The summed E-state index contributed by atoms with van der Waals surface area (Å²) in [5.74, 6) is -0.291. The second kappa shape index (κ2) is 7.04. The first kappa shape index (κ1) is 17.1. The third-order valence-corrected chi connectivity index (χ3v) is 4.14. The minimum Gasteiger partial charge on any atom is -0.394 e. The second-order valence-electron chi connectivity index (χ2n) is 6.12. The number of rotatable bonds is 5. The molecule has 0 aliphatic heterocycles. The lowest BCUT2D eigenvalue weighted by molar-refractivity contribution is 0.0802. The van der Waals surface area contributed by atoms with E-state index >= 15 is 0 Å². The lowest BCUT2D eigenvalue weighted by Crippen LogP contribution is -2.33. The molecular formula is C19H21N3O3. The summed E-state index contributed by atoms with van der Waals surface area (Å²) in [7, 11) is 1.91. The van der Waals surface area contributed by atoms with Crippen LogP contribution in [0, 0.1) is 6.92 Å². The molecule has 0 radical (unpaired) electrons. The van der Waals surface area contributed by atoms with Gasteiger partial charge in [0.2, 0.25) is 0 Å². The topological polar surface area (TPSA) is 87.4 Å². The minimum absolute atomic E-state index is 0.0151. The van der Waals surface area contributed by atoms with Crippen molar-refractivity contribution in [2.45, 2.75) is 13.0 Å². The number of carbonyl (C=O) groups excluding carboxylic acids is 1. The quantitative estimate of drug-likeness (QED) is 0.659. The molecule has 0 saturated heterocycles. The molecule has 3 aromatic rings. The molecule has 0 saturated carbocycles. The third kappa shape index (κ3) is 3.55. The lowest BCUT2D eigenvalue weighted by atomic mass is 10.0. The predicted octanol–water partition coefficient (Wildman–Crippen LogP) is 1.63. The Morgan fingerprint density at radius 2 is 1.96 bits per heavy atom. The van der Waals surface area contributed by atoms with Gasteiger partial charge in [-0.15, -0.1) is 0 Å². The highest BCUT2D eigenvalue weighted by atomic mass is 16.3. The molecule has 3 N–H and O–H groups in total. The summed E-state index contributed by atoms with van der Waals surface area (Å²) in [6.45, 7) is 1.68. The van der Waals surface area contributed by atoms with Crippen LogP contribution in [-0.2, 0) is 7.05 Å². The Hall–Kier alpha value is -2.70. The molecule has 0 aliphatic rings. The smallest absolute Gasteiger partial charge is 0.251 e. The zero-order valence-corrected chi connectivity index (χ0v) is 14.2. The summed E-state index contributed by atoms with van der Waals surface area (Å²) < 4.78 is 1.85. The first-order valence-corrected chi connectivity index (χ1v) is 8.10. The highest BCUT2D eigenvalue weighted by Gasteiger charge is 2.12. The molecule has 0 aliphatic carbocycles. The number of nitrogens with one attached hydrogen (secondary N) is 1. The second-order valence-corrected chi connectivity index (χ2v) is 6.12. The van der Waals surface area contributed by atoms with Gasteiger partial charge in [-0.1, -0.05) is 23.8 Å². The highest BCUT2D eigenvalue weighted by Crippen LogP contribution is 2.28. The Balaban J connectivity index is 1.86. The van der Waals surface area contributed by atoms with E-state index in [0.29, 0.717) is 5.56 Å². The van der Waals surface area contributed by atoms with Crippen LogP contribution in [0.1, 0.15) is 15.9 Å². The average molecular weight is 339 g/mol. The van der Waals surface area contributed by atoms with E-state index in [9.17, 15) is 9.90 Å². The van der Waals surface area contributed by atoms with Crippen LogP contribution in [0.2, 0.25) is 0 Å². The first-order chi connectivity index (χ1) is 12.0. The van der Waals surface area contributed by atoms with E-state index in [1.165, 1.54) is 5.56 Å². The maximum atomic E-state index is 12.1. The summed E-state index contributed by atoms with van der Waals surface area (Å²) in [5, 5.41) is 26.3. The van der Waals surface area contributed by atoms with Gasteiger partial charge in [0.25, 0.3) is 5.91 Å². The summed E-state index contributed by atoms with van der Waals surface area (Å²) >= 11 is 0. The van der Waals surface area contributed by atoms with Crippen molar-refractivity contribution in [3.05, 3.63) is 53.6 Å². The van der Waals surface area contributed by atoms with Crippen LogP contribution in [0.25, 0.3) is 22.2 Å². The van der Waals surface area contributed by atoms with Crippen molar-refractivity contribution < 1.29 is 15.0 Å². The van der Waals surface area contributed by atoms with Crippen molar-refractivity contribution in [1.29, 1.82) is 0 Å². The molecule has 25 heavy (non-hydrogen) atoms. The summed E-state index contributed by atoms with van der Waals surface area (Å²) in [4.78, 5) is 12.1. The van der Waals surface area contributed by atoms with Crippen molar-refractivity contribution in [1.82, 2.24) is 15.1 Å². The maximum absolute atomic E-state index is 12.1. The molecule has 3 rings (SSSR count). The molecular weight excluding hydrogens is 318 g/mol. The van der Waals surface area contributed by atoms with Crippen molar-refractivity contribution in [3.63, 3.8) is 0 Å². The zero-order valence-electron chi connectivity index (χ0n) is 14.2. The summed E-state index contributed by atoms with van der Waals surface area (Å²) in [6, 6.07) is 13.4. The van der Waals surface area contributed by atoms with Gasteiger partial charge in [-0.05, 0) is 31.2 Å². The van der Waals surface area contributed by atoms with Gasteiger partial charge in [0, 0.05) is 30.1 Å². The number of hydrogen-bond acceptors (Lipinski definition) is 4. The number of amides is 1. The molecule has 1 unspecified atom stereocenters. The molecule has 0 fully saturated rings. The molecule has 0 bridgehead atoms. The summed E-state index contributed by atoms with van der Waals surface area (Å²) in [5.41, 5.74) is 4.53. The number of aliphatic hydroxyl groups excluding tert-OH is 2. The average Bonchev–Trinajstić information content (AvgIpc) is 2.95. The van der Waals surface area contributed by atoms with Gasteiger partial charge in [0.1, 0.15) is 5.69 Å². The Labute approximate surface area is 145 Å². The number of benzene rings is 2. The fourth-order valence-corrected chi connectivity index (χ4v) is 2.75. The monoisotopic (exact) mass is 339 g/mol. The van der Waals surface area contributed by atoms with Gasteiger partial charge in [-0.25, -0.2) is 0 Å². The molecule has 1 amide bonds. The van der Waals surface area contributed by atoms with Gasteiger partial charge >= 0.3 is 0 Å². The van der Waals surface area contributed by atoms with Crippen LogP contribution in [0.5, 0.6) is 0 Å². The van der Waals surface area contributed by atoms with Gasteiger partial charge in [0.15, 0.2) is 0 Å². The Kier molecular flexibility index (Phi) is 4.83. The largest absolute Gasteiger partial charge is 0.394 e. The molecule has 1 atom stereocenters. The molecule has 130 valence electrons. The van der Waals surface area contributed by atoms with Crippen LogP contribution in [0.3, 0.4) is 0 Å². The fourth-order valence-electron chi connectivity index (χ4n) is 2.75. The standard InChI is InChI=1S/C19H21N3O3/c1-12-3-8-17-16(9-12)18(21-22(17)2)13-4-6-14(7-5-13)19(25)20-10-15(24)11-23/h3-9,15,23-24H,10-11H2,1-2H3,(H,20,25). The number of aryl methyl sites for hydroxylation is 2. The van der Waals surface area contributed by atoms with Crippen LogP contribution < -0.4 is 5.32 Å².